The molecule has 0 atom stereocenters. The summed E-state index contributed by atoms with van der Waals surface area (Å²) in [5.41, 5.74) is 3.66. The maximum absolute atomic E-state index is 9.78. The molecule has 0 spiro atoms. The normalized spacial score (nSPS) is 10.9. The van der Waals surface area contributed by atoms with Crippen molar-refractivity contribution < 1.29 is 5.11 Å². The van der Waals surface area contributed by atoms with Gasteiger partial charge in [0.2, 0.25) is 0 Å². The van der Waals surface area contributed by atoms with Crippen LogP contribution in [0, 0.1) is 0 Å². The summed E-state index contributed by atoms with van der Waals surface area (Å²) in [6.45, 7) is 0. The lowest BCUT2D eigenvalue weighted by molar-refractivity contribution is 0.476. The predicted molar refractivity (Wildman–Crippen MR) is 94.4 cm³/mol. The van der Waals surface area contributed by atoms with Crippen molar-refractivity contribution in [1.82, 2.24) is 0 Å². The number of fused-ring (bicyclic) bond motifs is 1. The van der Waals surface area contributed by atoms with E-state index in [0.29, 0.717) is 5.75 Å². The number of hydrogen-bond acceptors (Lipinski definition) is 2. The van der Waals surface area contributed by atoms with Gasteiger partial charge in [-0.15, -0.1) is 11.3 Å². The van der Waals surface area contributed by atoms with E-state index < -0.39 is 0 Å². The molecule has 22 heavy (non-hydrogen) atoms. The van der Waals surface area contributed by atoms with Crippen LogP contribution in [-0.2, 0) is 0 Å². The third-order valence-corrected chi connectivity index (χ3v) is 4.97. The molecule has 0 saturated carbocycles. The van der Waals surface area contributed by atoms with Gasteiger partial charge in [0.25, 0.3) is 0 Å². The highest BCUT2D eigenvalue weighted by atomic mass is 32.1. The van der Waals surface area contributed by atoms with Gasteiger partial charge in [-0.25, -0.2) is 0 Å². The highest BCUT2D eigenvalue weighted by molar-refractivity contribution is 7.23. The number of rotatable bonds is 2. The number of benzene rings is 3. The Morgan fingerprint density at radius 3 is 2.00 bits per heavy atom. The number of aromatic hydroxyl groups is 1. The summed E-state index contributed by atoms with van der Waals surface area (Å²) in [5.74, 6) is 0.313. The first-order valence-corrected chi connectivity index (χ1v) is 8.01. The minimum Gasteiger partial charge on any atom is -0.508 e. The van der Waals surface area contributed by atoms with E-state index in [9.17, 15) is 5.11 Å². The summed E-state index contributed by atoms with van der Waals surface area (Å²) in [4.78, 5) is 1.24. The number of hydrogen-bond donors (Lipinski definition) is 1. The van der Waals surface area contributed by atoms with Crippen LogP contribution in [0.3, 0.4) is 0 Å². The fourth-order valence-electron chi connectivity index (χ4n) is 2.77. The van der Waals surface area contributed by atoms with Gasteiger partial charge in [-0.3, -0.25) is 0 Å². The van der Waals surface area contributed by atoms with Gasteiger partial charge in [-0.1, -0.05) is 60.7 Å². The highest BCUT2D eigenvalue weighted by Crippen LogP contribution is 2.45. The van der Waals surface area contributed by atoms with Crippen molar-refractivity contribution in [2.45, 2.75) is 0 Å². The van der Waals surface area contributed by atoms with E-state index in [0.717, 1.165) is 4.70 Å². The Kier molecular flexibility index (Phi) is 3.17. The second-order valence-corrected chi connectivity index (χ2v) is 6.27. The van der Waals surface area contributed by atoms with Crippen LogP contribution >= 0.6 is 11.3 Å². The van der Waals surface area contributed by atoms with E-state index in [1.165, 1.54) is 27.0 Å². The summed E-state index contributed by atoms with van der Waals surface area (Å²) in [6, 6.07) is 26.5. The van der Waals surface area contributed by atoms with Gasteiger partial charge < -0.3 is 5.11 Å². The van der Waals surface area contributed by atoms with E-state index in [2.05, 4.69) is 48.5 Å². The van der Waals surface area contributed by atoms with Gasteiger partial charge in [-0.05, 0) is 29.3 Å². The zero-order valence-corrected chi connectivity index (χ0v) is 12.7. The van der Waals surface area contributed by atoms with Gasteiger partial charge in [0.1, 0.15) is 5.75 Å². The van der Waals surface area contributed by atoms with Crippen molar-refractivity contribution >= 4 is 21.4 Å². The SMILES string of the molecule is Oc1ccc2c(-c3ccccc3)c(-c3ccccc3)sc2c1. The van der Waals surface area contributed by atoms with E-state index in [4.69, 9.17) is 0 Å². The number of thiophene rings is 1. The van der Waals surface area contributed by atoms with Gasteiger partial charge in [0.15, 0.2) is 0 Å². The van der Waals surface area contributed by atoms with Gasteiger partial charge in [0, 0.05) is 20.5 Å². The molecule has 1 heterocycles. The highest BCUT2D eigenvalue weighted by Gasteiger charge is 2.15. The van der Waals surface area contributed by atoms with Gasteiger partial charge in [0.05, 0.1) is 0 Å². The van der Waals surface area contributed by atoms with Crippen LogP contribution in [0.4, 0.5) is 0 Å². The Morgan fingerprint density at radius 2 is 1.32 bits per heavy atom. The minimum absolute atomic E-state index is 0.313. The van der Waals surface area contributed by atoms with Crippen LogP contribution in [-0.4, -0.2) is 5.11 Å². The van der Waals surface area contributed by atoms with Crippen LogP contribution in [0.15, 0.2) is 78.9 Å². The van der Waals surface area contributed by atoms with Crippen molar-refractivity contribution in [3.05, 3.63) is 78.9 Å². The third-order valence-electron chi connectivity index (χ3n) is 3.77. The van der Waals surface area contributed by atoms with E-state index in [1.807, 2.05) is 24.3 Å². The molecular weight excluding hydrogens is 288 g/mol. The second-order valence-electron chi connectivity index (χ2n) is 5.22. The zero-order valence-electron chi connectivity index (χ0n) is 11.9. The van der Waals surface area contributed by atoms with Crippen LogP contribution in [0.2, 0.25) is 0 Å². The molecule has 0 bridgehead atoms. The van der Waals surface area contributed by atoms with Crippen molar-refractivity contribution in [3.8, 4) is 27.3 Å². The van der Waals surface area contributed by atoms with Crippen LogP contribution in [0.5, 0.6) is 5.75 Å². The lowest BCUT2D eigenvalue weighted by atomic mass is 9.99. The van der Waals surface area contributed by atoms with Crippen molar-refractivity contribution in [2.24, 2.45) is 0 Å². The Bertz CT molecular complexity index is 924. The smallest absolute Gasteiger partial charge is 0.117 e. The summed E-state index contributed by atoms with van der Waals surface area (Å²) in [5, 5.41) is 11.0. The maximum Gasteiger partial charge on any atom is 0.117 e. The third kappa shape index (κ3) is 2.18. The summed E-state index contributed by atoms with van der Waals surface area (Å²) >= 11 is 1.73. The molecule has 0 amide bonds. The Labute approximate surface area is 133 Å². The summed E-state index contributed by atoms with van der Waals surface area (Å²) in [7, 11) is 0. The zero-order chi connectivity index (χ0) is 14.9. The van der Waals surface area contributed by atoms with E-state index >= 15 is 0 Å². The first kappa shape index (κ1) is 13.1. The molecule has 0 aliphatic heterocycles. The molecule has 3 aromatic carbocycles. The number of phenols is 1. The Morgan fingerprint density at radius 1 is 0.682 bits per heavy atom. The van der Waals surface area contributed by atoms with E-state index in [1.54, 1.807) is 17.4 Å². The monoisotopic (exact) mass is 302 g/mol. The van der Waals surface area contributed by atoms with E-state index in [-0.39, 0.29) is 0 Å². The van der Waals surface area contributed by atoms with Gasteiger partial charge >= 0.3 is 0 Å². The van der Waals surface area contributed by atoms with Gasteiger partial charge in [-0.2, -0.15) is 0 Å². The molecule has 0 aliphatic carbocycles. The molecule has 1 N–H and O–H groups in total. The predicted octanol–water partition coefficient (Wildman–Crippen LogP) is 5.94. The first-order chi connectivity index (χ1) is 10.8. The second kappa shape index (κ2) is 5.32. The fourth-order valence-corrected chi connectivity index (χ4v) is 4.03. The Balaban J connectivity index is 2.07. The molecule has 106 valence electrons. The summed E-state index contributed by atoms with van der Waals surface area (Å²) < 4.78 is 1.11. The summed E-state index contributed by atoms with van der Waals surface area (Å²) in [6.07, 6.45) is 0. The van der Waals surface area contributed by atoms with Crippen LogP contribution in [0.1, 0.15) is 0 Å². The van der Waals surface area contributed by atoms with Crippen molar-refractivity contribution in [1.29, 1.82) is 0 Å². The molecule has 0 saturated heterocycles. The average Bonchev–Trinajstić information content (AvgIpc) is 2.95. The molecule has 0 aliphatic rings. The molecule has 1 nitrogen and oxygen atoms in total. The van der Waals surface area contributed by atoms with Crippen molar-refractivity contribution in [2.75, 3.05) is 0 Å². The first-order valence-electron chi connectivity index (χ1n) is 7.19. The standard InChI is InChI=1S/C20H14OS/c21-16-11-12-17-18(13-16)22-20(15-9-5-2-6-10-15)19(17)14-7-3-1-4-8-14/h1-13,21H. The molecule has 2 heteroatoms. The molecule has 0 fully saturated rings. The quantitative estimate of drug-likeness (QED) is 0.486. The molecular formula is C20H14OS. The molecule has 1 aromatic heterocycles. The maximum atomic E-state index is 9.78. The Hall–Kier alpha value is -2.58. The molecule has 0 unspecified atom stereocenters. The molecule has 0 radical (unpaired) electrons. The lowest BCUT2D eigenvalue weighted by Gasteiger charge is -2.05. The minimum atomic E-state index is 0.313. The molecule has 4 rings (SSSR count). The van der Waals surface area contributed by atoms with Crippen LogP contribution < -0.4 is 0 Å². The fraction of sp³-hybridized carbons (Fsp3) is 0. The lowest BCUT2D eigenvalue weighted by Crippen LogP contribution is -1.79. The average molecular weight is 302 g/mol. The van der Waals surface area contributed by atoms with Crippen molar-refractivity contribution in [3.63, 3.8) is 0 Å². The largest absolute Gasteiger partial charge is 0.508 e. The molecule has 4 aromatic rings. The number of phenolic OH excluding ortho intramolecular Hbond substituents is 1. The topological polar surface area (TPSA) is 20.2 Å². The van der Waals surface area contributed by atoms with Crippen LogP contribution in [0.25, 0.3) is 31.7 Å².